The Labute approximate surface area is 194 Å². The summed E-state index contributed by atoms with van der Waals surface area (Å²) >= 11 is 13.4. The van der Waals surface area contributed by atoms with Gasteiger partial charge in [0.2, 0.25) is 0 Å². The van der Waals surface area contributed by atoms with Gasteiger partial charge in [0.1, 0.15) is 26.2 Å². The molecule has 1 aromatic heterocycles. The van der Waals surface area contributed by atoms with Gasteiger partial charge in [-0.05, 0) is 49.4 Å². The highest BCUT2D eigenvalue weighted by Crippen LogP contribution is 2.39. The lowest BCUT2D eigenvalue weighted by Crippen LogP contribution is -2.21. The molecule has 1 saturated heterocycles. The number of ether oxygens (including phenoxy) is 1. The van der Waals surface area contributed by atoms with Gasteiger partial charge in [-0.15, -0.1) is 11.3 Å². The van der Waals surface area contributed by atoms with E-state index in [0.717, 1.165) is 30.8 Å². The van der Waals surface area contributed by atoms with E-state index in [0.29, 0.717) is 31.9 Å². The van der Waals surface area contributed by atoms with E-state index in [1.165, 1.54) is 18.2 Å². The van der Waals surface area contributed by atoms with E-state index in [1.54, 1.807) is 30.3 Å². The van der Waals surface area contributed by atoms with Crippen LogP contribution in [0.15, 0.2) is 52.7 Å². The Morgan fingerprint density at radius 2 is 1.90 bits per heavy atom. The van der Waals surface area contributed by atoms with Gasteiger partial charge in [-0.2, -0.15) is 0 Å². The molecule has 5 nitrogen and oxygen atoms in total. The van der Waals surface area contributed by atoms with Crippen LogP contribution in [0.2, 0.25) is 9.36 Å². The molecule has 1 fully saturated rings. The summed E-state index contributed by atoms with van der Waals surface area (Å²) < 4.78 is 47.9. The van der Waals surface area contributed by atoms with E-state index in [4.69, 9.17) is 27.9 Å². The number of nitrogens with one attached hydrogen (secondary N) is 1. The number of likely N-dealkylation sites (N-methyl/N-ethyl adjacent to an activating group) is 1. The molecule has 10 heteroatoms. The van der Waals surface area contributed by atoms with Crippen LogP contribution in [-0.4, -0.2) is 39.6 Å². The maximum Gasteiger partial charge on any atom is 0.271 e. The highest BCUT2D eigenvalue weighted by Gasteiger charge is 2.24. The molecule has 0 amide bonds. The summed E-state index contributed by atoms with van der Waals surface area (Å²) in [6.45, 7) is 1.72. The highest BCUT2D eigenvalue weighted by atomic mass is 35.5. The van der Waals surface area contributed by atoms with Crippen molar-refractivity contribution in [2.45, 2.75) is 16.7 Å². The summed E-state index contributed by atoms with van der Waals surface area (Å²) in [5.41, 5.74) is 1.49. The minimum absolute atomic E-state index is 0.00345. The fourth-order valence-corrected chi connectivity index (χ4v) is 6.32. The Morgan fingerprint density at radius 3 is 2.58 bits per heavy atom. The number of hydrogen-bond donors (Lipinski definition) is 1. The molecule has 0 aliphatic carbocycles. The van der Waals surface area contributed by atoms with Crippen LogP contribution in [0, 0.1) is 5.82 Å². The fraction of sp³-hybridized carbons (Fsp3) is 0.238. The van der Waals surface area contributed by atoms with Crippen LogP contribution >= 0.6 is 34.5 Å². The molecule has 0 unspecified atom stereocenters. The molecule has 3 aromatic rings. The van der Waals surface area contributed by atoms with Crippen molar-refractivity contribution in [3.8, 4) is 16.9 Å². The van der Waals surface area contributed by atoms with Gasteiger partial charge >= 0.3 is 0 Å². The Balaban J connectivity index is 1.56. The Morgan fingerprint density at radius 1 is 1.16 bits per heavy atom. The van der Waals surface area contributed by atoms with E-state index >= 15 is 0 Å². The van der Waals surface area contributed by atoms with Gasteiger partial charge < -0.3 is 9.64 Å². The third kappa shape index (κ3) is 5.15. The van der Waals surface area contributed by atoms with E-state index in [2.05, 4.69) is 9.62 Å². The number of thiophene rings is 1. The summed E-state index contributed by atoms with van der Waals surface area (Å²) in [4.78, 5) is 2.16. The van der Waals surface area contributed by atoms with Gasteiger partial charge in [0.15, 0.2) is 0 Å². The molecule has 1 N–H and O–H groups in total. The first-order valence-electron chi connectivity index (χ1n) is 9.44. The molecular weight excluding hydrogens is 482 g/mol. The third-order valence-electron chi connectivity index (χ3n) is 4.91. The molecule has 0 spiro atoms. The number of likely N-dealkylation sites (tertiary alicyclic amines) is 1. The second-order valence-electron chi connectivity index (χ2n) is 7.30. The van der Waals surface area contributed by atoms with E-state index in [-0.39, 0.29) is 16.1 Å². The molecule has 0 saturated carbocycles. The zero-order valence-electron chi connectivity index (χ0n) is 16.4. The van der Waals surface area contributed by atoms with E-state index in [1.807, 2.05) is 7.05 Å². The molecule has 1 aliphatic heterocycles. The van der Waals surface area contributed by atoms with Crippen LogP contribution in [-0.2, 0) is 10.0 Å². The third-order valence-corrected chi connectivity index (χ3v) is 8.44. The Kier molecular flexibility index (Phi) is 6.46. The van der Waals surface area contributed by atoms with Gasteiger partial charge in [-0.3, -0.25) is 4.72 Å². The van der Waals surface area contributed by atoms with Crippen molar-refractivity contribution < 1.29 is 17.5 Å². The van der Waals surface area contributed by atoms with Crippen molar-refractivity contribution in [1.82, 2.24) is 4.90 Å². The molecule has 164 valence electrons. The summed E-state index contributed by atoms with van der Waals surface area (Å²) in [6.07, 6.45) is 0.881. The predicted molar refractivity (Wildman–Crippen MR) is 124 cm³/mol. The van der Waals surface area contributed by atoms with Crippen LogP contribution in [0.4, 0.5) is 10.1 Å². The number of sulfonamides is 1. The summed E-state index contributed by atoms with van der Waals surface area (Å²) in [6, 6.07) is 11.9. The SMILES string of the molecule is CN1CC[C@@H](Oc2cc(NS(=O)(=O)c3cc(-c4ccc(F)cc4)c(Cl)s3)ccc2Cl)C1. The first-order valence-corrected chi connectivity index (χ1v) is 12.5. The molecule has 2 heterocycles. The summed E-state index contributed by atoms with van der Waals surface area (Å²) in [5, 5.41) is 0.412. The van der Waals surface area contributed by atoms with E-state index in [9.17, 15) is 12.8 Å². The van der Waals surface area contributed by atoms with Crippen molar-refractivity contribution in [1.29, 1.82) is 0 Å². The lowest BCUT2D eigenvalue weighted by atomic mass is 10.1. The normalized spacial score (nSPS) is 17.1. The number of halogens is 3. The van der Waals surface area contributed by atoms with Crippen molar-refractivity contribution in [2.75, 3.05) is 24.9 Å². The Bertz CT molecular complexity index is 1200. The number of hydrogen-bond acceptors (Lipinski definition) is 5. The molecule has 1 atom stereocenters. The monoisotopic (exact) mass is 500 g/mol. The highest BCUT2D eigenvalue weighted by molar-refractivity contribution is 7.94. The van der Waals surface area contributed by atoms with Crippen LogP contribution in [0.25, 0.3) is 11.1 Å². The summed E-state index contributed by atoms with van der Waals surface area (Å²) in [7, 11) is -1.88. The molecule has 2 aromatic carbocycles. The predicted octanol–water partition coefficient (Wildman–Crippen LogP) is 5.74. The lowest BCUT2D eigenvalue weighted by molar-refractivity contribution is 0.208. The standard InChI is InChI=1S/C21H19Cl2FN2O3S2/c1-26-9-8-16(12-26)29-19-10-15(6-7-18(19)22)25-31(27,28)20-11-17(21(23)30-20)13-2-4-14(24)5-3-13/h2-7,10-11,16,25H,8-9,12H2,1H3/t16-/m1/s1. The van der Waals surface area contributed by atoms with Crippen LogP contribution < -0.4 is 9.46 Å². The Hall–Kier alpha value is -1.84. The zero-order chi connectivity index (χ0) is 22.2. The van der Waals surface area contributed by atoms with Gasteiger partial charge in [0.25, 0.3) is 10.0 Å². The number of rotatable bonds is 6. The average Bonchev–Trinajstić information content (AvgIpc) is 3.31. The van der Waals surface area contributed by atoms with Crippen molar-refractivity contribution >= 4 is 50.2 Å². The number of anilines is 1. The topological polar surface area (TPSA) is 58.6 Å². The lowest BCUT2D eigenvalue weighted by Gasteiger charge is -2.16. The van der Waals surface area contributed by atoms with Gasteiger partial charge in [0, 0.05) is 24.7 Å². The van der Waals surface area contributed by atoms with Crippen LogP contribution in [0.3, 0.4) is 0 Å². The minimum Gasteiger partial charge on any atom is -0.487 e. The van der Waals surface area contributed by atoms with Crippen LogP contribution in [0.1, 0.15) is 6.42 Å². The fourth-order valence-electron chi connectivity index (χ4n) is 3.34. The van der Waals surface area contributed by atoms with Gasteiger partial charge in [-0.1, -0.05) is 35.3 Å². The van der Waals surface area contributed by atoms with Crippen molar-refractivity contribution in [3.63, 3.8) is 0 Å². The van der Waals surface area contributed by atoms with E-state index < -0.39 is 10.0 Å². The first kappa shape index (κ1) is 22.4. The van der Waals surface area contributed by atoms with Crippen molar-refractivity contribution in [3.05, 3.63) is 63.7 Å². The van der Waals surface area contributed by atoms with Crippen molar-refractivity contribution in [2.24, 2.45) is 0 Å². The molecule has 0 bridgehead atoms. The number of benzene rings is 2. The molecular formula is C21H19Cl2FN2O3S2. The zero-order valence-corrected chi connectivity index (χ0v) is 19.6. The molecule has 31 heavy (non-hydrogen) atoms. The second kappa shape index (κ2) is 8.96. The minimum atomic E-state index is -3.89. The smallest absolute Gasteiger partial charge is 0.271 e. The van der Waals surface area contributed by atoms with Gasteiger partial charge in [-0.25, -0.2) is 12.8 Å². The first-order chi connectivity index (χ1) is 14.7. The quantitative estimate of drug-likeness (QED) is 0.468. The van der Waals surface area contributed by atoms with Crippen LogP contribution in [0.5, 0.6) is 5.75 Å². The molecule has 0 radical (unpaired) electrons. The largest absolute Gasteiger partial charge is 0.487 e. The molecule has 1 aliphatic rings. The molecule has 4 rings (SSSR count). The average molecular weight is 501 g/mol. The number of nitrogens with zero attached hydrogens (tertiary/aromatic N) is 1. The second-order valence-corrected chi connectivity index (χ2v) is 11.3. The van der Waals surface area contributed by atoms with Gasteiger partial charge in [0.05, 0.1) is 10.7 Å². The summed E-state index contributed by atoms with van der Waals surface area (Å²) in [5.74, 6) is 0.0491. The maximum atomic E-state index is 13.2. The maximum absolute atomic E-state index is 13.2.